The molecule has 2 aromatic rings. The third kappa shape index (κ3) is 3.69. The van der Waals surface area contributed by atoms with Crippen LogP contribution in [0.4, 0.5) is 0 Å². The molecule has 0 radical (unpaired) electrons. The predicted molar refractivity (Wildman–Crippen MR) is 73.1 cm³/mol. The molecule has 100 valence electrons. The van der Waals surface area contributed by atoms with Gasteiger partial charge in [-0.1, -0.05) is 6.07 Å². The van der Waals surface area contributed by atoms with Gasteiger partial charge in [0.1, 0.15) is 24.6 Å². The second-order valence-electron chi connectivity index (χ2n) is 4.24. The normalized spacial score (nSPS) is 10.2. The van der Waals surface area contributed by atoms with E-state index >= 15 is 0 Å². The molecule has 0 saturated carbocycles. The Morgan fingerprint density at radius 3 is 2.68 bits per heavy atom. The summed E-state index contributed by atoms with van der Waals surface area (Å²) in [5.41, 5.74) is 2.38. The molecule has 2 rings (SSSR count). The Labute approximate surface area is 113 Å². The molecule has 0 bridgehead atoms. The van der Waals surface area contributed by atoms with Crippen molar-refractivity contribution in [2.24, 2.45) is 0 Å². The Balaban J connectivity index is 1.96. The number of quaternary nitrogens is 1. The Bertz CT molecular complexity index is 515. The van der Waals surface area contributed by atoms with Crippen LogP contribution in [0.25, 0.3) is 0 Å². The van der Waals surface area contributed by atoms with Crippen LogP contribution in [-0.2, 0) is 13.1 Å². The van der Waals surface area contributed by atoms with Gasteiger partial charge in [-0.05, 0) is 18.2 Å². The molecule has 0 atom stereocenters. The summed E-state index contributed by atoms with van der Waals surface area (Å²) in [6, 6.07) is 9.94. The van der Waals surface area contributed by atoms with Crippen molar-refractivity contribution in [3.8, 4) is 11.5 Å². The molecular weight excluding hydrogens is 240 g/mol. The maximum absolute atomic E-state index is 5.38. The van der Waals surface area contributed by atoms with Crippen LogP contribution in [0.1, 0.15) is 11.1 Å². The molecule has 19 heavy (non-hydrogen) atoms. The molecule has 0 unspecified atom stereocenters. The zero-order chi connectivity index (χ0) is 13.5. The van der Waals surface area contributed by atoms with E-state index in [4.69, 9.17) is 9.47 Å². The predicted octanol–water partition coefficient (Wildman–Crippen LogP) is 1.36. The highest BCUT2D eigenvalue weighted by atomic mass is 16.5. The lowest BCUT2D eigenvalue weighted by Gasteiger charge is -2.09. The van der Waals surface area contributed by atoms with Gasteiger partial charge in [-0.2, -0.15) is 0 Å². The highest BCUT2D eigenvalue weighted by molar-refractivity contribution is 5.40. The lowest BCUT2D eigenvalue weighted by atomic mass is 10.2. The Morgan fingerprint density at radius 1 is 1.11 bits per heavy atom. The first-order valence-electron chi connectivity index (χ1n) is 6.25. The van der Waals surface area contributed by atoms with Gasteiger partial charge >= 0.3 is 0 Å². The number of nitrogens with two attached hydrogens (primary N) is 1. The van der Waals surface area contributed by atoms with E-state index in [0.717, 1.165) is 30.2 Å². The number of methoxy groups -OCH3 is 2. The molecule has 0 fully saturated rings. The van der Waals surface area contributed by atoms with E-state index < -0.39 is 0 Å². The van der Waals surface area contributed by atoms with Crippen molar-refractivity contribution in [2.75, 3.05) is 14.2 Å². The van der Waals surface area contributed by atoms with Gasteiger partial charge in [0.2, 0.25) is 0 Å². The SMILES string of the molecule is COc1ccc(C[NH2+]Cc2cccnc2)c(OC)c1. The second-order valence-corrected chi connectivity index (χ2v) is 4.24. The summed E-state index contributed by atoms with van der Waals surface area (Å²) >= 11 is 0. The molecule has 4 heteroatoms. The van der Waals surface area contributed by atoms with Crippen LogP contribution in [0.3, 0.4) is 0 Å². The molecule has 0 aliphatic rings. The third-order valence-corrected chi connectivity index (χ3v) is 2.96. The smallest absolute Gasteiger partial charge is 0.131 e. The van der Waals surface area contributed by atoms with E-state index in [1.54, 1.807) is 20.4 Å². The fourth-order valence-electron chi connectivity index (χ4n) is 1.93. The molecule has 1 heterocycles. The largest absolute Gasteiger partial charge is 0.497 e. The number of nitrogens with zero attached hydrogens (tertiary/aromatic N) is 1. The van der Waals surface area contributed by atoms with E-state index in [-0.39, 0.29) is 0 Å². The van der Waals surface area contributed by atoms with Crippen molar-refractivity contribution in [2.45, 2.75) is 13.1 Å². The molecule has 4 nitrogen and oxygen atoms in total. The lowest BCUT2D eigenvalue weighted by Crippen LogP contribution is -2.80. The summed E-state index contributed by atoms with van der Waals surface area (Å²) in [6.07, 6.45) is 3.68. The first-order chi connectivity index (χ1) is 9.33. The van der Waals surface area contributed by atoms with Crippen molar-refractivity contribution in [3.05, 3.63) is 53.9 Å². The van der Waals surface area contributed by atoms with Gasteiger partial charge in [-0.15, -0.1) is 0 Å². The van der Waals surface area contributed by atoms with E-state index in [1.165, 1.54) is 5.56 Å². The quantitative estimate of drug-likeness (QED) is 0.852. The summed E-state index contributed by atoms with van der Waals surface area (Å²) in [5.74, 6) is 1.68. The third-order valence-electron chi connectivity index (χ3n) is 2.96. The molecule has 1 aromatic carbocycles. The minimum atomic E-state index is 0.813. The average molecular weight is 259 g/mol. The molecule has 1 aromatic heterocycles. The van der Waals surface area contributed by atoms with Crippen LogP contribution >= 0.6 is 0 Å². The summed E-state index contributed by atoms with van der Waals surface area (Å²) in [5, 5.41) is 2.22. The van der Waals surface area contributed by atoms with E-state index in [0.29, 0.717) is 0 Å². The molecule has 0 saturated heterocycles. The summed E-state index contributed by atoms with van der Waals surface area (Å²) in [6.45, 7) is 1.77. The van der Waals surface area contributed by atoms with Gasteiger partial charge in [0.25, 0.3) is 0 Å². The van der Waals surface area contributed by atoms with Crippen molar-refractivity contribution in [1.29, 1.82) is 0 Å². The highest BCUT2D eigenvalue weighted by Crippen LogP contribution is 2.23. The number of rotatable bonds is 6. The van der Waals surface area contributed by atoms with Crippen molar-refractivity contribution < 1.29 is 14.8 Å². The topological polar surface area (TPSA) is 48.0 Å². The van der Waals surface area contributed by atoms with Crippen molar-refractivity contribution in [1.82, 2.24) is 4.98 Å². The molecule has 0 spiro atoms. The van der Waals surface area contributed by atoms with Crippen molar-refractivity contribution in [3.63, 3.8) is 0 Å². The summed E-state index contributed by atoms with van der Waals surface area (Å²) in [4.78, 5) is 4.11. The minimum absolute atomic E-state index is 0.813. The molecule has 0 aliphatic heterocycles. The maximum atomic E-state index is 5.38. The Morgan fingerprint density at radius 2 is 2.00 bits per heavy atom. The van der Waals surface area contributed by atoms with Gasteiger partial charge in [0.15, 0.2) is 0 Å². The summed E-state index contributed by atoms with van der Waals surface area (Å²) < 4.78 is 10.6. The van der Waals surface area contributed by atoms with Gasteiger partial charge in [0.05, 0.1) is 14.2 Å². The average Bonchev–Trinajstić information content (AvgIpc) is 2.48. The second kappa shape index (κ2) is 6.75. The van der Waals surface area contributed by atoms with E-state index in [1.807, 2.05) is 30.5 Å². The monoisotopic (exact) mass is 259 g/mol. The van der Waals surface area contributed by atoms with Gasteiger partial charge in [0, 0.05) is 29.6 Å². The van der Waals surface area contributed by atoms with E-state index in [9.17, 15) is 0 Å². The fourth-order valence-corrected chi connectivity index (χ4v) is 1.93. The number of benzene rings is 1. The van der Waals surface area contributed by atoms with E-state index in [2.05, 4.69) is 16.4 Å². The standard InChI is InChI=1S/C15H18N2O2/c1-18-14-6-5-13(15(8-14)19-2)11-17-10-12-4-3-7-16-9-12/h3-9,17H,10-11H2,1-2H3/p+1. The zero-order valence-corrected chi connectivity index (χ0v) is 11.3. The first-order valence-corrected chi connectivity index (χ1v) is 6.25. The molecule has 2 N–H and O–H groups in total. The van der Waals surface area contributed by atoms with Crippen LogP contribution in [0, 0.1) is 0 Å². The van der Waals surface area contributed by atoms with Crippen LogP contribution in [0.15, 0.2) is 42.7 Å². The van der Waals surface area contributed by atoms with Crippen LogP contribution in [-0.4, -0.2) is 19.2 Å². The highest BCUT2D eigenvalue weighted by Gasteiger charge is 2.06. The maximum Gasteiger partial charge on any atom is 0.131 e. The van der Waals surface area contributed by atoms with Gasteiger partial charge < -0.3 is 14.8 Å². The van der Waals surface area contributed by atoms with Crippen LogP contribution in [0.2, 0.25) is 0 Å². The number of hydrogen-bond acceptors (Lipinski definition) is 3. The first kappa shape index (κ1) is 13.4. The minimum Gasteiger partial charge on any atom is -0.497 e. The van der Waals surface area contributed by atoms with Crippen LogP contribution < -0.4 is 14.8 Å². The lowest BCUT2D eigenvalue weighted by molar-refractivity contribution is -0.686. The fraction of sp³-hybridized carbons (Fsp3) is 0.267. The zero-order valence-electron chi connectivity index (χ0n) is 11.3. The Kier molecular flexibility index (Phi) is 4.75. The molecule has 0 aliphatic carbocycles. The van der Waals surface area contributed by atoms with Gasteiger partial charge in [-0.3, -0.25) is 4.98 Å². The number of hydrogen-bond donors (Lipinski definition) is 1. The van der Waals surface area contributed by atoms with Gasteiger partial charge in [-0.25, -0.2) is 0 Å². The summed E-state index contributed by atoms with van der Waals surface area (Å²) in [7, 11) is 3.34. The van der Waals surface area contributed by atoms with Crippen LogP contribution in [0.5, 0.6) is 11.5 Å². The number of ether oxygens (including phenoxy) is 2. The number of pyridine rings is 1. The molecular formula is C15H19N2O2+. The van der Waals surface area contributed by atoms with Crippen molar-refractivity contribution >= 4 is 0 Å². The molecule has 0 amide bonds. The Hall–Kier alpha value is -2.07. The number of aromatic nitrogens is 1.